The molecule has 22 heteroatoms. The molecule has 58 heavy (non-hydrogen) atoms. The minimum absolute atomic E-state index is 0.488. The van der Waals surface area contributed by atoms with E-state index < -0.39 is 132 Å². The summed E-state index contributed by atoms with van der Waals surface area (Å²) >= 11 is 0. The highest BCUT2D eigenvalue weighted by Gasteiger charge is 2.40. The lowest BCUT2D eigenvalue weighted by atomic mass is 10.0. The normalized spacial score (nSPS) is 17.0. The van der Waals surface area contributed by atoms with Crippen molar-refractivity contribution in [3.8, 4) is 0 Å². The maximum atomic E-state index is 13.9. The molecule has 22 nitrogen and oxygen atoms in total. The van der Waals surface area contributed by atoms with Gasteiger partial charge in [0.1, 0.15) is 60.5 Å². The van der Waals surface area contributed by atoms with Crippen LogP contribution in [0.15, 0.2) is 24.3 Å². The highest BCUT2D eigenvalue weighted by atomic mass is 16.6. The zero-order valence-electron chi connectivity index (χ0n) is 33.8. The van der Waals surface area contributed by atoms with Crippen molar-refractivity contribution in [1.29, 1.82) is 0 Å². The van der Waals surface area contributed by atoms with Crippen LogP contribution in [0.2, 0.25) is 0 Å². The van der Waals surface area contributed by atoms with E-state index in [9.17, 15) is 57.5 Å². The van der Waals surface area contributed by atoms with E-state index in [1.165, 1.54) is 27.7 Å². The molecule has 2 aliphatic heterocycles. The van der Waals surface area contributed by atoms with Crippen LogP contribution >= 0.6 is 0 Å². The molecule has 0 fully saturated rings. The first-order chi connectivity index (χ1) is 26.6. The van der Waals surface area contributed by atoms with Crippen molar-refractivity contribution in [2.45, 2.75) is 117 Å². The first kappa shape index (κ1) is 47.7. The van der Waals surface area contributed by atoms with Gasteiger partial charge in [0, 0.05) is 24.3 Å². The topological polar surface area (TPSA) is 302 Å². The molecule has 6 N–H and O–H groups in total. The molecule has 10 amide bonds. The summed E-state index contributed by atoms with van der Waals surface area (Å²) in [7, 11) is 0. The van der Waals surface area contributed by atoms with Crippen LogP contribution in [0.5, 0.6) is 0 Å². The van der Waals surface area contributed by atoms with E-state index >= 15 is 0 Å². The van der Waals surface area contributed by atoms with Gasteiger partial charge in [0.15, 0.2) is 0 Å². The molecular formula is C36H50N8O14. The van der Waals surface area contributed by atoms with Crippen molar-refractivity contribution in [2.75, 3.05) is 13.1 Å². The summed E-state index contributed by atoms with van der Waals surface area (Å²) in [6, 6.07) is -9.86. The summed E-state index contributed by atoms with van der Waals surface area (Å²) in [4.78, 5) is 155. The molecule has 0 bridgehead atoms. The summed E-state index contributed by atoms with van der Waals surface area (Å²) in [5.41, 5.74) is -1.80. The number of esters is 2. The molecule has 0 saturated heterocycles. The Kier molecular flexibility index (Phi) is 16.1. The lowest BCUT2D eigenvalue weighted by molar-refractivity contribution is -0.158. The number of imide groups is 2. The Morgan fingerprint density at radius 3 is 0.983 bits per heavy atom. The van der Waals surface area contributed by atoms with Gasteiger partial charge in [0.05, 0.1) is 0 Å². The molecular weight excluding hydrogens is 768 g/mol. The van der Waals surface area contributed by atoms with Gasteiger partial charge in [-0.1, -0.05) is 0 Å². The second-order valence-electron chi connectivity index (χ2n) is 15.3. The van der Waals surface area contributed by atoms with Gasteiger partial charge in [0.25, 0.3) is 23.6 Å². The van der Waals surface area contributed by atoms with Crippen molar-refractivity contribution in [1.82, 2.24) is 41.7 Å². The van der Waals surface area contributed by atoms with Crippen LogP contribution in [-0.2, 0) is 67.0 Å². The van der Waals surface area contributed by atoms with Crippen LogP contribution in [-0.4, -0.2) is 141 Å². The van der Waals surface area contributed by atoms with Gasteiger partial charge in [0.2, 0.25) is 35.4 Å². The van der Waals surface area contributed by atoms with Gasteiger partial charge < -0.3 is 41.4 Å². The third kappa shape index (κ3) is 14.5. The van der Waals surface area contributed by atoms with Gasteiger partial charge in [-0.05, 0) is 69.2 Å². The van der Waals surface area contributed by atoms with E-state index in [0.717, 1.165) is 24.3 Å². The number of carbonyl (C=O) groups excluding carboxylic acids is 12. The molecule has 0 aromatic carbocycles. The number of rotatable bonds is 17. The molecule has 0 aromatic rings. The Morgan fingerprint density at radius 1 is 0.466 bits per heavy atom. The Hall–Kier alpha value is -6.48. The second-order valence-corrected chi connectivity index (χ2v) is 15.3. The number of hydrogen-bond acceptors (Lipinski definition) is 14. The lowest BCUT2D eigenvalue weighted by Gasteiger charge is -2.30. The third-order valence-corrected chi connectivity index (χ3v) is 7.68. The Balaban J connectivity index is 2.47. The fraction of sp³-hybridized carbons (Fsp3) is 0.556. The summed E-state index contributed by atoms with van der Waals surface area (Å²) in [5, 5.41) is 13.5. The van der Waals surface area contributed by atoms with Gasteiger partial charge in [-0.25, -0.2) is 9.59 Å². The predicted octanol–water partition coefficient (Wildman–Crippen LogP) is -3.49. The van der Waals surface area contributed by atoms with Crippen LogP contribution in [0.3, 0.4) is 0 Å². The van der Waals surface area contributed by atoms with Crippen molar-refractivity contribution in [3.63, 3.8) is 0 Å². The Labute approximate surface area is 333 Å². The lowest BCUT2D eigenvalue weighted by Crippen LogP contribution is -2.67. The number of hydrogen-bond donors (Lipinski definition) is 6. The zero-order chi connectivity index (χ0) is 44.4. The van der Waals surface area contributed by atoms with E-state index in [0.29, 0.717) is 9.80 Å². The molecule has 0 aliphatic carbocycles. The zero-order valence-corrected chi connectivity index (χ0v) is 33.8. The highest BCUT2D eigenvalue weighted by molar-refractivity contribution is 6.15. The molecule has 2 aliphatic rings. The molecule has 0 aromatic heterocycles. The monoisotopic (exact) mass is 818 g/mol. The summed E-state index contributed by atoms with van der Waals surface area (Å²) < 4.78 is 10.5. The number of amides is 10. The average molecular weight is 819 g/mol. The Bertz CT molecular complexity index is 1630. The first-order valence-corrected chi connectivity index (χ1v) is 17.9. The van der Waals surface area contributed by atoms with Gasteiger partial charge in [-0.3, -0.25) is 57.7 Å². The average Bonchev–Trinajstić information content (AvgIpc) is 3.58. The van der Waals surface area contributed by atoms with Gasteiger partial charge >= 0.3 is 11.9 Å². The largest absolute Gasteiger partial charge is 0.458 e. The quantitative estimate of drug-likeness (QED) is 0.0614. The fourth-order valence-corrected chi connectivity index (χ4v) is 4.81. The summed E-state index contributed by atoms with van der Waals surface area (Å²) in [6.45, 7) is 12.6. The standard InChI is InChI=1S/C36H50N8O14/c1-17(29(51)39-19(3)33(55)57-35(5,6)7)37-31(53)27(41-21(45)15-43-23(47)11-12-24(43)48)28(42-22(46)16-44-25(49)13-14-26(44)50)32(54)38-18(2)30(52)40-20(4)34(56)58-36(8,9)10/h11-14,17-20,27-28H,15-16H2,1-10H3,(H,37,53)(H,38,54)(H,39,51)(H,40,52)(H,41,45)(H,42,46)/t17-,18-,19-,20-,27-,28-/m0/s1. The molecule has 0 spiro atoms. The smallest absolute Gasteiger partial charge is 0.328 e. The first-order valence-electron chi connectivity index (χ1n) is 17.9. The van der Waals surface area contributed by atoms with E-state index in [2.05, 4.69) is 31.9 Å². The van der Waals surface area contributed by atoms with Crippen molar-refractivity contribution >= 4 is 71.0 Å². The van der Waals surface area contributed by atoms with E-state index in [1.54, 1.807) is 41.5 Å². The second kappa shape index (κ2) is 19.6. The minimum atomic E-state index is -2.21. The van der Waals surface area contributed by atoms with Crippen LogP contribution < -0.4 is 31.9 Å². The fourth-order valence-electron chi connectivity index (χ4n) is 4.81. The predicted molar refractivity (Wildman–Crippen MR) is 198 cm³/mol. The number of ether oxygens (including phenoxy) is 2. The molecule has 0 saturated carbocycles. The van der Waals surface area contributed by atoms with Gasteiger partial charge in [-0.15, -0.1) is 0 Å². The molecule has 0 radical (unpaired) electrons. The highest BCUT2D eigenvalue weighted by Crippen LogP contribution is 2.11. The molecule has 2 rings (SSSR count). The molecule has 6 atom stereocenters. The maximum Gasteiger partial charge on any atom is 0.328 e. The van der Waals surface area contributed by atoms with Crippen LogP contribution in [0, 0.1) is 0 Å². The van der Waals surface area contributed by atoms with Crippen molar-refractivity contribution < 1.29 is 67.0 Å². The van der Waals surface area contributed by atoms with Gasteiger partial charge in [-0.2, -0.15) is 0 Å². The SMILES string of the molecule is C[C@H](NC(=O)[C@@H](NC(=O)CN1C(=O)C=CC1=O)[C@H](NC(=O)CN1C(=O)C=CC1=O)C(=O)N[C@@H](C)C(=O)N[C@@H](C)C(=O)OC(C)(C)C)C(=O)N[C@@H](C)C(=O)OC(C)(C)C. The minimum Gasteiger partial charge on any atom is -0.458 e. The Morgan fingerprint density at radius 2 is 0.724 bits per heavy atom. The van der Waals surface area contributed by atoms with Crippen LogP contribution in [0.4, 0.5) is 0 Å². The molecule has 318 valence electrons. The maximum absolute atomic E-state index is 13.9. The van der Waals surface area contributed by atoms with E-state index in [1.807, 2.05) is 0 Å². The van der Waals surface area contributed by atoms with Crippen molar-refractivity contribution in [2.24, 2.45) is 0 Å². The van der Waals surface area contributed by atoms with Crippen LogP contribution in [0.1, 0.15) is 69.2 Å². The summed E-state index contributed by atoms with van der Waals surface area (Å²) in [5.74, 6) is -12.2. The van der Waals surface area contributed by atoms with Crippen LogP contribution in [0.25, 0.3) is 0 Å². The number of carbonyl (C=O) groups is 12. The summed E-state index contributed by atoms with van der Waals surface area (Å²) in [6.07, 6.45) is 3.50. The van der Waals surface area contributed by atoms with E-state index in [4.69, 9.17) is 9.47 Å². The number of nitrogens with zero attached hydrogens (tertiary/aromatic N) is 2. The molecule has 2 heterocycles. The van der Waals surface area contributed by atoms with E-state index in [-0.39, 0.29) is 0 Å². The number of nitrogens with one attached hydrogen (secondary N) is 6. The van der Waals surface area contributed by atoms with Crippen molar-refractivity contribution in [3.05, 3.63) is 24.3 Å². The third-order valence-electron chi connectivity index (χ3n) is 7.68. The molecule has 0 unspecified atom stereocenters.